The van der Waals surface area contributed by atoms with Crippen LogP contribution >= 0.6 is 0 Å². The maximum absolute atomic E-state index is 12.2. The molecule has 5 heteroatoms. The van der Waals surface area contributed by atoms with E-state index in [4.69, 9.17) is 0 Å². The van der Waals surface area contributed by atoms with E-state index >= 15 is 0 Å². The third-order valence-electron chi connectivity index (χ3n) is 4.83. The van der Waals surface area contributed by atoms with Crippen molar-refractivity contribution in [1.82, 2.24) is 10.2 Å². The molecule has 0 spiro atoms. The van der Waals surface area contributed by atoms with Crippen LogP contribution in [0.15, 0.2) is 0 Å². The standard InChI is InChI=1S/C15H25N3O2/c1-12-5-8-18(13(12)10-19)9-14(20)17-15(11-16)6-3-2-4-7-15/h12-13,19H,2-10H2,1H3,(H,17,20). The number of nitrogens with one attached hydrogen (secondary N) is 1. The lowest BCUT2D eigenvalue weighted by molar-refractivity contribution is -0.124. The van der Waals surface area contributed by atoms with Gasteiger partial charge in [0.1, 0.15) is 5.54 Å². The van der Waals surface area contributed by atoms with Crippen LogP contribution in [0.2, 0.25) is 0 Å². The highest BCUT2D eigenvalue weighted by Crippen LogP contribution is 2.28. The second-order valence-electron chi connectivity index (χ2n) is 6.29. The maximum atomic E-state index is 12.2. The number of amides is 1. The molecule has 2 rings (SSSR count). The van der Waals surface area contributed by atoms with Gasteiger partial charge in [-0.2, -0.15) is 5.26 Å². The Morgan fingerprint density at radius 2 is 2.15 bits per heavy atom. The minimum atomic E-state index is -0.657. The molecule has 2 aliphatic rings. The highest BCUT2D eigenvalue weighted by Gasteiger charge is 2.36. The van der Waals surface area contributed by atoms with Gasteiger partial charge in [0.25, 0.3) is 0 Å². The van der Waals surface area contributed by atoms with E-state index < -0.39 is 5.54 Å². The van der Waals surface area contributed by atoms with Gasteiger partial charge in [-0.1, -0.05) is 26.2 Å². The van der Waals surface area contributed by atoms with Crippen LogP contribution in [0.1, 0.15) is 45.4 Å². The molecule has 1 amide bonds. The molecule has 20 heavy (non-hydrogen) atoms. The SMILES string of the molecule is CC1CCN(CC(=O)NC2(C#N)CCCCC2)C1CO. The highest BCUT2D eigenvalue weighted by molar-refractivity contribution is 5.79. The molecule has 2 N–H and O–H groups in total. The van der Waals surface area contributed by atoms with Gasteiger partial charge in [-0.15, -0.1) is 0 Å². The smallest absolute Gasteiger partial charge is 0.235 e. The summed E-state index contributed by atoms with van der Waals surface area (Å²) in [5.74, 6) is 0.341. The topological polar surface area (TPSA) is 76.4 Å². The van der Waals surface area contributed by atoms with Crippen molar-refractivity contribution in [3.05, 3.63) is 0 Å². The van der Waals surface area contributed by atoms with Gasteiger partial charge in [0.2, 0.25) is 5.91 Å². The van der Waals surface area contributed by atoms with Gasteiger partial charge in [-0.3, -0.25) is 9.69 Å². The Hall–Kier alpha value is -1.12. The molecule has 0 aromatic heterocycles. The van der Waals surface area contributed by atoms with E-state index in [0.717, 1.165) is 45.1 Å². The summed E-state index contributed by atoms with van der Waals surface area (Å²) in [5, 5.41) is 21.7. The normalized spacial score (nSPS) is 29.9. The fourth-order valence-corrected chi connectivity index (χ4v) is 3.49. The van der Waals surface area contributed by atoms with Gasteiger partial charge in [-0.25, -0.2) is 0 Å². The molecule has 5 nitrogen and oxygen atoms in total. The third kappa shape index (κ3) is 3.31. The highest BCUT2D eigenvalue weighted by atomic mass is 16.3. The monoisotopic (exact) mass is 279 g/mol. The van der Waals surface area contributed by atoms with Crippen LogP contribution in [-0.2, 0) is 4.79 Å². The average Bonchev–Trinajstić information content (AvgIpc) is 2.79. The number of aliphatic hydroxyl groups excluding tert-OH is 1. The Bertz CT molecular complexity index is 385. The van der Waals surface area contributed by atoms with Crippen LogP contribution in [-0.4, -0.2) is 47.2 Å². The fourth-order valence-electron chi connectivity index (χ4n) is 3.49. The molecule has 0 bridgehead atoms. The predicted octanol–water partition coefficient (Wildman–Crippen LogP) is 1.03. The van der Waals surface area contributed by atoms with E-state index in [1.54, 1.807) is 0 Å². The van der Waals surface area contributed by atoms with E-state index in [0.29, 0.717) is 12.5 Å². The lowest BCUT2D eigenvalue weighted by Crippen LogP contribution is -2.52. The number of carbonyl (C=O) groups excluding carboxylic acids is 1. The number of rotatable bonds is 4. The Kier molecular flexibility index (Phi) is 5.00. The first-order valence-electron chi connectivity index (χ1n) is 7.67. The van der Waals surface area contributed by atoms with Crippen molar-refractivity contribution in [2.75, 3.05) is 19.7 Å². The molecule has 2 fully saturated rings. The summed E-state index contributed by atoms with van der Waals surface area (Å²) in [7, 11) is 0. The Balaban J connectivity index is 1.90. The van der Waals surface area contributed by atoms with Crippen molar-refractivity contribution in [2.45, 2.75) is 57.0 Å². The first kappa shape index (κ1) is 15.3. The number of nitrogens with zero attached hydrogens (tertiary/aromatic N) is 2. The molecule has 1 saturated carbocycles. The largest absolute Gasteiger partial charge is 0.395 e. The first-order chi connectivity index (χ1) is 9.60. The van der Waals surface area contributed by atoms with Crippen molar-refractivity contribution < 1.29 is 9.90 Å². The lowest BCUT2D eigenvalue weighted by Gasteiger charge is -2.33. The summed E-state index contributed by atoms with van der Waals surface area (Å²) >= 11 is 0. The van der Waals surface area contributed by atoms with Gasteiger partial charge >= 0.3 is 0 Å². The van der Waals surface area contributed by atoms with Crippen LogP contribution in [0.5, 0.6) is 0 Å². The molecule has 112 valence electrons. The molecule has 0 radical (unpaired) electrons. The summed E-state index contributed by atoms with van der Waals surface area (Å²) in [6.45, 7) is 3.34. The minimum absolute atomic E-state index is 0.0742. The van der Waals surface area contributed by atoms with Crippen molar-refractivity contribution in [2.24, 2.45) is 5.92 Å². The van der Waals surface area contributed by atoms with E-state index in [2.05, 4.69) is 18.3 Å². The van der Waals surface area contributed by atoms with Crippen molar-refractivity contribution in [3.63, 3.8) is 0 Å². The van der Waals surface area contributed by atoms with Gasteiger partial charge in [0, 0.05) is 6.04 Å². The Labute approximate surface area is 120 Å². The molecule has 1 aliphatic heterocycles. The Morgan fingerprint density at radius 1 is 1.45 bits per heavy atom. The van der Waals surface area contributed by atoms with Gasteiger partial charge in [-0.05, 0) is 31.7 Å². The molecule has 1 heterocycles. The molecule has 2 unspecified atom stereocenters. The summed E-state index contributed by atoms with van der Waals surface area (Å²) in [5.41, 5.74) is -0.657. The predicted molar refractivity (Wildman–Crippen MR) is 75.8 cm³/mol. The van der Waals surface area contributed by atoms with Gasteiger partial charge < -0.3 is 10.4 Å². The van der Waals surface area contributed by atoms with Crippen LogP contribution in [0.4, 0.5) is 0 Å². The van der Waals surface area contributed by atoms with E-state index in [-0.39, 0.29) is 18.6 Å². The molecule has 0 aromatic rings. The molecule has 1 saturated heterocycles. The second-order valence-corrected chi connectivity index (χ2v) is 6.29. The average molecular weight is 279 g/mol. The first-order valence-corrected chi connectivity index (χ1v) is 7.67. The van der Waals surface area contributed by atoms with Gasteiger partial charge in [0.15, 0.2) is 0 Å². The lowest BCUT2D eigenvalue weighted by atomic mass is 9.83. The molecule has 2 atom stereocenters. The van der Waals surface area contributed by atoms with E-state index in [1.807, 2.05) is 4.90 Å². The fraction of sp³-hybridized carbons (Fsp3) is 0.867. The summed E-state index contributed by atoms with van der Waals surface area (Å²) in [6.07, 6.45) is 5.70. The number of likely N-dealkylation sites (tertiary alicyclic amines) is 1. The molecule has 0 aromatic carbocycles. The Morgan fingerprint density at radius 3 is 2.75 bits per heavy atom. The molecular weight excluding hydrogens is 254 g/mol. The van der Waals surface area contributed by atoms with E-state index in [9.17, 15) is 15.2 Å². The number of carbonyl (C=O) groups is 1. The van der Waals surface area contributed by atoms with Crippen LogP contribution in [0, 0.1) is 17.2 Å². The molecular formula is C15H25N3O2. The number of nitriles is 1. The zero-order valence-electron chi connectivity index (χ0n) is 12.3. The van der Waals surface area contributed by atoms with Gasteiger partial charge in [0.05, 0.1) is 19.2 Å². The molecule has 1 aliphatic carbocycles. The number of aliphatic hydroxyl groups is 1. The zero-order chi connectivity index (χ0) is 14.6. The summed E-state index contributed by atoms with van der Waals surface area (Å²) in [4.78, 5) is 14.2. The third-order valence-corrected chi connectivity index (χ3v) is 4.83. The summed E-state index contributed by atoms with van der Waals surface area (Å²) < 4.78 is 0. The van der Waals surface area contributed by atoms with E-state index in [1.165, 1.54) is 0 Å². The quantitative estimate of drug-likeness (QED) is 0.806. The number of hydrogen-bond donors (Lipinski definition) is 2. The van der Waals surface area contributed by atoms with Crippen LogP contribution in [0.25, 0.3) is 0 Å². The zero-order valence-corrected chi connectivity index (χ0v) is 12.3. The summed E-state index contributed by atoms with van der Waals surface area (Å²) in [6, 6.07) is 2.38. The van der Waals surface area contributed by atoms with Crippen molar-refractivity contribution in [1.29, 1.82) is 5.26 Å². The second kappa shape index (κ2) is 6.55. The number of hydrogen-bond acceptors (Lipinski definition) is 4. The van der Waals surface area contributed by atoms with Crippen molar-refractivity contribution >= 4 is 5.91 Å². The minimum Gasteiger partial charge on any atom is -0.395 e. The maximum Gasteiger partial charge on any atom is 0.235 e. The van der Waals surface area contributed by atoms with Crippen LogP contribution in [0.3, 0.4) is 0 Å². The van der Waals surface area contributed by atoms with Crippen molar-refractivity contribution in [3.8, 4) is 6.07 Å². The van der Waals surface area contributed by atoms with Crippen LogP contribution < -0.4 is 5.32 Å².